The molecule has 0 aliphatic rings. The van der Waals surface area contributed by atoms with Gasteiger partial charge in [0.25, 0.3) is 0 Å². The molecule has 1 nitrogen and oxygen atoms in total. The van der Waals surface area contributed by atoms with Gasteiger partial charge in [-0.2, -0.15) is 5.19 Å². The van der Waals surface area contributed by atoms with Crippen LogP contribution in [0, 0.1) is 0 Å². The maximum atomic E-state index is 5.81. The molecule has 0 saturated carbocycles. The van der Waals surface area contributed by atoms with E-state index in [0.29, 0.717) is 0 Å². The van der Waals surface area contributed by atoms with Gasteiger partial charge in [-0.25, -0.2) is 0 Å². The van der Waals surface area contributed by atoms with Gasteiger partial charge >= 0.3 is 0 Å². The van der Waals surface area contributed by atoms with Gasteiger partial charge < -0.3 is 5.73 Å². The highest BCUT2D eigenvalue weighted by atomic mass is 28.3. The molecule has 0 radical (unpaired) electrons. The number of nitrogen functional groups attached to an aromatic ring is 1. The summed E-state index contributed by atoms with van der Waals surface area (Å²) in [6.45, 7) is 14.3. The Morgan fingerprint density at radius 1 is 0.765 bits per heavy atom. The van der Waals surface area contributed by atoms with Crippen LogP contribution in [0.15, 0.2) is 24.3 Å². The van der Waals surface area contributed by atoms with Gasteiger partial charge in [0.2, 0.25) is 0 Å². The smallest absolute Gasteiger partial charge is 0.0311 e. The minimum Gasteiger partial charge on any atom is -0.399 e. The van der Waals surface area contributed by atoms with Crippen molar-refractivity contribution in [2.24, 2.45) is 0 Å². The Labute approximate surface area is 107 Å². The number of benzene rings is 1. The second kappa shape index (κ2) is 5.26. The summed E-state index contributed by atoms with van der Waals surface area (Å²) >= 11 is 0. The Kier molecular flexibility index (Phi) is 4.42. The molecule has 97 valence electrons. The van der Waals surface area contributed by atoms with Crippen molar-refractivity contribution < 1.29 is 0 Å². The Morgan fingerprint density at radius 3 is 1.41 bits per heavy atom. The van der Waals surface area contributed by atoms with E-state index in [2.05, 4.69) is 65.8 Å². The fraction of sp³-hybridized carbons (Fsp3) is 0.600. The number of hydrogen-bond acceptors (Lipinski definition) is 1. The van der Waals surface area contributed by atoms with Gasteiger partial charge in [-0.1, -0.05) is 53.7 Å². The van der Waals surface area contributed by atoms with Gasteiger partial charge in [-0.05, 0) is 12.1 Å². The van der Waals surface area contributed by atoms with Crippen molar-refractivity contribution in [2.45, 2.75) is 58.2 Å². The van der Waals surface area contributed by atoms with Gasteiger partial charge in [0.1, 0.15) is 0 Å². The molecule has 1 aromatic rings. The van der Waals surface area contributed by atoms with Crippen LogP contribution in [-0.4, -0.2) is 8.07 Å². The van der Waals surface area contributed by atoms with E-state index < -0.39 is 8.07 Å². The first kappa shape index (κ1) is 14.3. The molecule has 0 saturated heterocycles. The van der Waals surface area contributed by atoms with Crippen LogP contribution < -0.4 is 10.9 Å². The van der Waals surface area contributed by atoms with Crippen molar-refractivity contribution in [1.29, 1.82) is 0 Å². The fourth-order valence-electron chi connectivity index (χ4n) is 3.77. The first-order valence-corrected chi connectivity index (χ1v) is 8.92. The molecule has 0 aliphatic carbocycles. The SMILES string of the molecule is CC(C)[Si-](c1ccc(N)cc1)(C(C)C)C(C)C. The topological polar surface area (TPSA) is 26.0 Å². The normalized spacial score (nSPS) is 12.8. The third kappa shape index (κ3) is 2.42. The predicted octanol–water partition coefficient (Wildman–Crippen LogP) is 4.15. The lowest BCUT2D eigenvalue weighted by molar-refractivity contribution is 0.835. The first-order valence-electron chi connectivity index (χ1n) is 6.69. The van der Waals surface area contributed by atoms with Gasteiger partial charge in [-0.3, -0.25) is 0 Å². The van der Waals surface area contributed by atoms with Crippen LogP contribution in [0.3, 0.4) is 0 Å². The van der Waals surface area contributed by atoms with E-state index in [4.69, 9.17) is 5.73 Å². The first-order chi connectivity index (χ1) is 7.83. The molecule has 0 amide bonds. The van der Waals surface area contributed by atoms with E-state index >= 15 is 0 Å². The zero-order valence-electron chi connectivity index (χ0n) is 12.1. The predicted molar refractivity (Wildman–Crippen MR) is 81.5 cm³/mol. The summed E-state index contributed by atoms with van der Waals surface area (Å²) in [4.78, 5) is 0. The maximum absolute atomic E-state index is 5.81. The Morgan fingerprint density at radius 2 is 1.12 bits per heavy atom. The molecule has 0 bridgehead atoms. The van der Waals surface area contributed by atoms with Crippen molar-refractivity contribution in [3.8, 4) is 0 Å². The van der Waals surface area contributed by atoms with Crippen molar-refractivity contribution in [2.75, 3.05) is 5.73 Å². The Bertz CT molecular complexity index is 330. The van der Waals surface area contributed by atoms with Crippen molar-refractivity contribution in [3.63, 3.8) is 0 Å². The summed E-state index contributed by atoms with van der Waals surface area (Å²) in [6, 6.07) is 8.65. The van der Waals surface area contributed by atoms with E-state index in [-0.39, 0.29) is 0 Å². The van der Waals surface area contributed by atoms with Crippen LogP contribution in [0.4, 0.5) is 5.69 Å². The summed E-state index contributed by atoms with van der Waals surface area (Å²) < 4.78 is 0. The van der Waals surface area contributed by atoms with Crippen molar-refractivity contribution in [3.05, 3.63) is 24.3 Å². The van der Waals surface area contributed by atoms with E-state index in [1.807, 2.05) is 0 Å². The number of nitrogens with two attached hydrogens (primary N) is 1. The molecule has 0 atom stereocenters. The van der Waals surface area contributed by atoms with E-state index in [1.165, 1.54) is 0 Å². The minimum atomic E-state index is -1.48. The molecule has 2 N–H and O–H groups in total. The summed E-state index contributed by atoms with van der Waals surface area (Å²) in [5, 5.41) is 1.56. The molecule has 0 unspecified atom stereocenters. The fourth-order valence-corrected chi connectivity index (χ4v) is 10.5. The van der Waals surface area contributed by atoms with Gasteiger partial charge in [0, 0.05) is 5.69 Å². The second-order valence-corrected chi connectivity index (χ2v) is 11.9. The molecular formula is C15H27NSi-. The summed E-state index contributed by atoms with van der Waals surface area (Å²) in [5.74, 6) is 0. The summed E-state index contributed by atoms with van der Waals surface area (Å²) in [7, 11) is -1.48. The largest absolute Gasteiger partial charge is 0.399 e. The highest BCUT2D eigenvalue weighted by Crippen LogP contribution is 2.40. The molecule has 0 aliphatic heterocycles. The van der Waals surface area contributed by atoms with Crippen molar-refractivity contribution >= 4 is 18.9 Å². The van der Waals surface area contributed by atoms with Crippen LogP contribution in [0.5, 0.6) is 0 Å². The highest BCUT2D eigenvalue weighted by Gasteiger charge is 2.31. The Hall–Kier alpha value is -0.763. The molecule has 17 heavy (non-hydrogen) atoms. The lowest BCUT2D eigenvalue weighted by atomic mass is 10.3. The average Bonchev–Trinajstić information content (AvgIpc) is 2.20. The molecule has 0 aromatic heterocycles. The number of hydrogen-bond donors (Lipinski definition) is 1. The van der Waals surface area contributed by atoms with Gasteiger partial charge in [0.05, 0.1) is 0 Å². The lowest BCUT2D eigenvalue weighted by Gasteiger charge is -2.55. The number of rotatable bonds is 4. The maximum Gasteiger partial charge on any atom is 0.0311 e. The van der Waals surface area contributed by atoms with Crippen LogP contribution in [0.1, 0.15) is 41.5 Å². The molecule has 0 spiro atoms. The highest BCUT2D eigenvalue weighted by molar-refractivity contribution is 6.95. The van der Waals surface area contributed by atoms with Crippen LogP contribution in [0.2, 0.25) is 16.6 Å². The number of anilines is 1. The summed E-state index contributed by atoms with van der Waals surface area (Å²) in [6.07, 6.45) is 0. The van der Waals surface area contributed by atoms with Crippen LogP contribution >= 0.6 is 0 Å². The second-order valence-electron chi connectivity index (χ2n) is 6.02. The molecule has 0 heterocycles. The monoisotopic (exact) mass is 249 g/mol. The van der Waals surface area contributed by atoms with Crippen molar-refractivity contribution in [1.82, 2.24) is 0 Å². The van der Waals surface area contributed by atoms with E-state index in [0.717, 1.165) is 22.3 Å². The molecule has 1 aromatic carbocycles. The van der Waals surface area contributed by atoms with Crippen LogP contribution in [0.25, 0.3) is 0 Å². The van der Waals surface area contributed by atoms with E-state index in [1.54, 1.807) is 5.19 Å². The molecular weight excluding hydrogens is 222 g/mol. The standard InChI is InChI=1S/C15H27NSi/c1-11(2)17(12(3)4,13(5)6)15-9-7-14(16)8-10-15/h7-13H,16H2,1-6H3/q-1. The third-order valence-electron chi connectivity index (χ3n) is 4.28. The zero-order chi connectivity index (χ0) is 13.2. The van der Waals surface area contributed by atoms with Gasteiger partial charge in [0.15, 0.2) is 0 Å². The third-order valence-corrected chi connectivity index (χ3v) is 11.3. The Balaban J connectivity index is 3.36. The minimum absolute atomic E-state index is 0.756. The summed E-state index contributed by atoms with van der Waals surface area (Å²) in [5.41, 5.74) is 8.95. The molecule has 1 rings (SSSR count). The van der Waals surface area contributed by atoms with Crippen LogP contribution in [-0.2, 0) is 0 Å². The average molecular weight is 249 g/mol. The lowest BCUT2D eigenvalue weighted by Crippen LogP contribution is -2.55. The van der Waals surface area contributed by atoms with E-state index in [9.17, 15) is 0 Å². The molecule has 2 heteroatoms. The zero-order valence-corrected chi connectivity index (χ0v) is 13.1. The molecule has 0 fully saturated rings. The quantitative estimate of drug-likeness (QED) is 0.629. The van der Waals surface area contributed by atoms with Gasteiger partial charge in [-0.15, -0.1) is 24.7 Å².